The minimum atomic E-state index is -0.728. The van der Waals surface area contributed by atoms with E-state index in [2.05, 4.69) is 21.2 Å². The van der Waals surface area contributed by atoms with Crippen LogP contribution >= 0.6 is 27.5 Å². The van der Waals surface area contributed by atoms with Gasteiger partial charge in [-0.3, -0.25) is 9.59 Å². The van der Waals surface area contributed by atoms with Gasteiger partial charge in [0.15, 0.2) is 6.61 Å². The second-order valence-electron chi connectivity index (χ2n) is 9.56. The molecule has 4 rings (SSSR count). The van der Waals surface area contributed by atoms with E-state index in [1.807, 2.05) is 92.7 Å². The van der Waals surface area contributed by atoms with E-state index in [1.54, 1.807) is 17.0 Å². The van der Waals surface area contributed by atoms with Crippen LogP contribution in [0.3, 0.4) is 0 Å². The highest BCUT2D eigenvalue weighted by molar-refractivity contribution is 9.10. The highest BCUT2D eigenvalue weighted by atomic mass is 79.9. The van der Waals surface area contributed by atoms with Crippen LogP contribution in [0, 0.1) is 0 Å². The van der Waals surface area contributed by atoms with Crippen LogP contribution in [0.5, 0.6) is 5.75 Å². The summed E-state index contributed by atoms with van der Waals surface area (Å²) in [6.45, 7) is 4.00. The summed E-state index contributed by atoms with van der Waals surface area (Å²) in [5, 5.41) is 5.75. The van der Waals surface area contributed by atoms with Gasteiger partial charge in [-0.15, -0.1) is 0 Å². The molecule has 0 heterocycles. The van der Waals surface area contributed by atoms with Gasteiger partial charge >= 0.3 is 0 Å². The monoisotopic (exact) mass is 606 g/mol. The summed E-state index contributed by atoms with van der Waals surface area (Å²) >= 11 is 9.74. The second kappa shape index (κ2) is 13.6. The molecular weight excluding hydrogens is 576 g/mol. The van der Waals surface area contributed by atoms with Crippen molar-refractivity contribution in [2.24, 2.45) is 0 Å². The lowest BCUT2D eigenvalue weighted by atomic mass is 10.0. The maximum Gasteiger partial charge on any atom is 0.261 e. The number of benzene rings is 4. The zero-order valence-electron chi connectivity index (χ0n) is 22.1. The minimum Gasteiger partial charge on any atom is -0.483 e. The number of nitrogens with zero attached hydrogens (tertiary/aromatic N) is 1. The Hall–Kier alpha value is -3.35. The van der Waals surface area contributed by atoms with E-state index in [0.717, 1.165) is 32.8 Å². The molecule has 0 saturated heterocycles. The molecule has 202 valence electrons. The second-order valence-corrected chi connectivity index (χ2v) is 10.8. The minimum absolute atomic E-state index is 0.0203. The third-order valence-corrected chi connectivity index (χ3v) is 7.79. The van der Waals surface area contributed by atoms with Crippen molar-refractivity contribution in [3.63, 3.8) is 0 Å². The number of rotatable bonds is 11. The summed E-state index contributed by atoms with van der Waals surface area (Å²) in [5.41, 5.74) is 1.84. The average molecular weight is 608 g/mol. The quantitative estimate of drug-likeness (QED) is 0.196. The molecule has 0 radical (unpaired) electrons. The van der Waals surface area contributed by atoms with Crippen LogP contribution in [-0.4, -0.2) is 35.4 Å². The molecule has 2 amide bonds. The first kappa shape index (κ1) is 28.7. The standard InChI is InChI=1S/C32H32BrClN2O3/c1-3-22(2)35-32(38)28(19-23-9-5-4-6-10-23)36(20-24-13-16-26(34)17-14-24)30(37)21-39-29-18-15-25-11-7-8-12-27(25)31(29)33/h4-18,22,28H,3,19-21H2,1-2H3,(H,35,38). The summed E-state index contributed by atoms with van der Waals surface area (Å²) < 4.78 is 6.82. The number of amides is 2. The van der Waals surface area contributed by atoms with Crippen molar-refractivity contribution in [2.45, 2.75) is 45.3 Å². The molecule has 0 aliphatic rings. The first-order valence-electron chi connectivity index (χ1n) is 13.0. The van der Waals surface area contributed by atoms with E-state index >= 15 is 0 Å². The van der Waals surface area contributed by atoms with Gasteiger partial charge in [0.2, 0.25) is 5.91 Å². The molecule has 0 bridgehead atoms. The van der Waals surface area contributed by atoms with Crippen LogP contribution in [0.15, 0.2) is 95.5 Å². The third-order valence-electron chi connectivity index (χ3n) is 6.72. The Morgan fingerprint density at radius 1 is 0.923 bits per heavy atom. The number of nitrogens with one attached hydrogen (secondary N) is 1. The fourth-order valence-electron chi connectivity index (χ4n) is 4.33. The molecule has 0 aliphatic carbocycles. The van der Waals surface area contributed by atoms with E-state index in [0.29, 0.717) is 17.2 Å². The van der Waals surface area contributed by atoms with Crippen LogP contribution in [0.25, 0.3) is 10.8 Å². The molecule has 0 fully saturated rings. The molecule has 2 unspecified atom stereocenters. The molecule has 5 nitrogen and oxygen atoms in total. The fourth-order valence-corrected chi connectivity index (χ4v) is 5.06. The van der Waals surface area contributed by atoms with Crippen molar-refractivity contribution in [1.29, 1.82) is 0 Å². The fraction of sp³-hybridized carbons (Fsp3) is 0.250. The van der Waals surface area contributed by atoms with Crippen molar-refractivity contribution < 1.29 is 14.3 Å². The largest absolute Gasteiger partial charge is 0.483 e. The van der Waals surface area contributed by atoms with E-state index in [1.165, 1.54) is 0 Å². The molecule has 2 atom stereocenters. The Labute approximate surface area is 243 Å². The predicted molar refractivity (Wildman–Crippen MR) is 161 cm³/mol. The Morgan fingerprint density at radius 3 is 2.33 bits per heavy atom. The first-order chi connectivity index (χ1) is 18.9. The van der Waals surface area contributed by atoms with E-state index in [-0.39, 0.29) is 31.0 Å². The zero-order valence-corrected chi connectivity index (χ0v) is 24.4. The van der Waals surface area contributed by atoms with Gasteiger partial charge in [-0.1, -0.05) is 91.3 Å². The summed E-state index contributed by atoms with van der Waals surface area (Å²) in [6, 6.07) is 28.1. The number of halogens is 2. The third kappa shape index (κ3) is 7.61. The molecule has 0 spiro atoms. The average Bonchev–Trinajstić information content (AvgIpc) is 2.96. The van der Waals surface area contributed by atoms with Crippen LogP contribution in [0.2, 0.25) is 5.02 Å². The van der Waals surface area contributed by atoms with Crippen molar-refractivity contribution in [3.05, 3.63) is 112 Å². The molecule has 7 heteroatoms. The lowest BCUT2D eigenvalue weighted by molar-refractivity contribution is -0.143. The SMILES string of the molecule is CCC(C)NC(=O)C(Cc1ccccc1)N(Cc1ccc(Cl)cc1)C(=O)COc1ccc2ccccc2c1Br. The summed E-state index contributed by atoms with van der Waals surface area (Å²) in [7, 11) is 0. The van der Waals surface area contributed by atoms with Gasteiger partial charge < -0.3 is 15.0 Å². The van der Waals surface area contributed by atoms with Crippen LogP contribution in [0.1, 0.15) is 31.4 Å². The van der Waals surface area contributed by atoms with Gasteiger partial charge in [-0.25, -0.2) is 0 Å². The molecule has 39 heavy (non-hydrogen) atoms. The van der Waals surface area contributed by atoms with Crippen LogP contribution in [-0.2, 0) is 22.6 Å². The number of fused-ring (bicyclic) bond motifs is 1. The topological polar surface area (TPSA) is 58.6 Å². The molecule has 1 N–H and O–H groups in total. The highest BCUT2D eigenvalue weighted by Crippen LogP contribution is 2.33. The Bertz CT molecular complexity index is 1410. The lowest BCUT2D eigenvalue weighted by Gasteiger charge is -2.32. The van der Waals surface area contributed by atoms with Gasteiger partial charge in [0.1, 0.15) is 11.8 Å². The van der Waals surface area contributed by atoms with Gasteiger partial charge in [0.05, 0.1) is 4.47 Å². The van der Waals surface area contributed by atoms with E-state index in [9.17, 15) is 9.59 Å². The number of carbonyl (C=O) groups excluding carboxylic acids is 2. The molecule has 4 aromatic rings. The van der Waals surface area contributed by atoms with E-state index < -0.39 is 6.04 Å². The Kier molecular flexibility index (Phi) is 10.0. The smallest absolute Gasteiger partial charge is 0.261 e. The van der Waals surface area contributed by atoms with Crippen molar-refractivity contribution in [3.8, 4) is 5.75 Å². The summed E-state index contributed by atoms with van der Waals surface area (Å²) in [4.78, 5) is 29.1. The Balaban J connectivity index is 1.64. The van der Waals surface area contributed by atoms with Crippen molar-refractivity contribution in [1.82, 2.24) is 10.2 Å². The van der Waals surface area contributed by atoms with Crippen molar-refractivity contribution in [2.75, 3.05) is 6.61 Å². The molecule has 0 aliphatic heterocycles. The number of carbonyl (C=O) groups is 2. The van der Waals surface area contributed by atoms with Crippen LogP contribution in [0.4, 0.5) is 0 Å². The summed E-state index contributed by atoms with van der Waals surface area (Å²) in [5.74, 6) is 0.0878. The normalized spacial score (nSPS) is 12.5. The van der Waals surface area contributed by atoms with Gasteiger partial charge in [-0.2, -0.15) is 0 Å². The van der Waals surface area contributed by atoms with E-state index in [4.69, 9.17) is 16.3 Å². The number of ether oxygens (including phenoxy) is 1. The van der Waals surface area contributed by atoms with Crippen molar-refractivity contribution >= 4 is 50.1 Å². The zero-order chi connectivity index (χ0) is 27.8. The number of hydrogen-bond acceptors (Lipinski definition) is 3. The molecule has 4 aromatic carbocycles. The predicted octanol–water partition coefficient (Wildman–Crippen LogP) is 7.19. The molecule has 0 saturated carbocycles. The molecular formula is C32H32BrClN2O3. The maximum absolute atomic E-state index is 13.8. The first-order valence-corrected chi connectivity index (χ1v) is 14.2. The van der Waals surface area contributed by atoms with Gasteiger partial charge in [0, 0.05) is 24.0 Å². The summed E-state index contributed by atoms with van der Waals surface area (Å²) in [6.07, 6.45) is 1.16. The molecule has 0 aromatic heterocycles. The highest BCUT2D eigenvalue weighted by Gasteiger charge is 2.31. The van der Waals surface area contributed by atoms with Crippen LogP contribution < -0.4 is 10.1 Å². The maximum atomic E-state index is 13.8. The lowest BCUT2D eigenvalue weighted by Crippen LogP contribution is -2.53. The number of hydrogen-bond donors (Lipinski definition) is 1. The Morgan fingerprint density at radius 2 is 1.62 bits per heavy atom. The van der Waals surface area contributed by atoms with Gasteiger partial charge in [0.25, 0.3) is 5.91 Å². The van der Waals surface area contributed by atoms with Gasteiger partial charge in [-0.05, 0) is 69.4 Å².